The molecule has 0 heterocycles. The third-order valence-corrected chi connectivity index (χ3v) is 4.44. The first-order chi connectivity index (χ1) is 14.0. The topological polar surface area (TPSA) is 82.0 Å². The summed E-state index contributed by atoms with van der Waals surface area (Å²) in [6.45, 7) is 3.65. The molecule has 0 unspecified atom stereocenters. The maximum Gasteiger partial charge on any atom is 0.256 e. The zero-order valence-electron chi connectivity index (χ0n) is 16.3. The van der Waals surface area contributed by atoms with Crippen LogP contribution in [0.3, 0.4) is 0 Å². The summed E-state index contributed by atoms with van der Waals surface area (Å²) < 4.78 is 0. The van der Waals surface area contributed by atoms with Crippen LogP contribution in [0.1, 0.15) is 29.8 Å². The van der Waals surface area contributed by atoms with Crippen LogP contribution >= 0.6 is 0 Å². The Morgan fingerprint density at radius 2 is 1.34 bits per heavy atom. The number of carbonyl (C=O) groups excluding carboxylic acids is 2. The van der Waals surface area contributed by atoms with Crippen LogP contribution in [-0.4, -0.2) is 11.8 Å². The van der Waals surface area contributed by atoms with Gasteiger partial charge in [-0.2, -0.15) is 5.26 Å². The van der Waals surface area contributed by atoms with Crippen molar-refractivity contribution in [3.05, 3.63) is 83.9 Å². The fourth-order valence-corrected chi connectivity index (χ4v) is 2.85. The predicted octanol–water partition coefficient (Wildman–Crippen LogP) is 5.07. The molecule has 2 N–H and O–H groups in total. The van der Waals surface area contributed by atoms with Crippen LogP contribution in [0.2, 0.25) is 0 Å². The average Bonchev–Trinajstić information content (AvgIpc) is 2.75. The van der Waals surface area contributed by atoms with Gasteiger partial charge in [0.15, 0.2) is 0 Å². The smallest absolute Gasteiger partial charge is 0.256 e. The summed E-state index contributed by atoms with van der Waals surface area (Å²) in [6, 6.07) is 23.5. The van der Waals surface area contributed by atoms with Crippen molar-refractivity contribution in [3.63, 3.8) is 0 Å². The van der Waals surface area contributed by atoms with Gasteiger partial charge in [-0.05, 0) is 42.0 Å². The fourth-order valence-electron chi connectivity index (χ4n) is 2.85. The highest BCUT2D eigenvalue weighted by Gasteiger charge is 2.15. The second kappa shape index (κ2) is 8.85. The molecule has 2 amide bonds. The van der Waals surface area contributed by atoms with E-state index in [9.17, 15) is 14.9 Å². The molecule has 0 aliphatic rings. The molecule has 144 valence electrons. The van der Waals surface area contributed by atoms with Gasteiger partial charge in [0.25, 0.3) is 5.91 Å². The van der Waals surface area contributed by atoms with Crippen LogP contribution in [0.4, 0.5) is 11.4 Å². The lowest BCUT2D eigenvalue weighted by Gasteiger charge is -2.12. The fraction of sp³-hybridized carbons (Fsp3) is 0.125. The minimum Gasteiger partial charge on any atom is -0.326 e. The Labute approximate surface area is 170 Å². The zero-order chi connectivity index (χ0) is 20.8. The normalized spacial score (nSPS) is 10.3. The summed E-state index contributed by atoms with van der Waals surface area (Å²) in [6.07, 6.45) is 0. The number of hydrogen-bond acceptors (Lipinski definition) is 3. The summed E-state index contributed by atoms with van der Waals surface area (Å²) >= 11 is 0. The number of rotatable bonds is 5. The highest BCUT2D eigenvalue weighted by atomic mass is 16.2. The van der Waals surface area contributed by atoms with Gasteiger partial charge in [-0.1, -0.05) is 50.2 Å². The van der Waals surface area contributed by atoms with E-state index in [1.807, 2.05) is 38.1 Å². The molecule has 5 nitrogen and oxygen atoms in total. The highest BCUT2D eigenvalue weighted by Crippen LogP contribution is 2.27. The Hall–Kier alpha value is -3.91. The number of anilines is 2. The van der Waals surface area contributed by atoms with Crippen molar-refractivity contribution in [2.75, 3.05) is 10.6 Å². The molecule has 0 fully saturated rings. The minimum absolute atomic E-state index is 0.0631. The maximum absolute atomic E-state index is 12.9. The van der Waals surface area contributed by atoms with Gasteiger partial charge in [0, 0.05) is 28.4 Å². The number of nitrogens with one attached hydrogen (secondary N) is 2. The molecule has 0 saturated carbocycles. The monoisotopic (exact) mass is 383 g/mol. The van der Waals surface area contributed by atoms with Crippen LogP contribution in [0, 0.1) is 17.2 Å². The first-order valence-electron chi connectivity index (χ1n) is 9.30. The highest BCUT2D eigenvalue weighted by molar-refractivity contribution is 6.09. The molecule has 0 saturated heterocycles. The van der Waals surface area contributed by atoms with Crippen molar-refractivity contribution in [1.29, 1.82) is 5.26 Å². The number of benzene rings is 3. The van der Waals surface area contributed by atoms with Crippen molar-refractivity contribution < 1.29 is 9.59 Å². The Morgan fingerprint density at radius 3 is 1.97 bits per heavy atom. The van der Waals surface area contributed by atoms with E-state index < -0.39 is 0 Å². The molecule has 0 atom stereocenters. The molecule has 0 spiro atoms. The SMILES string of the molecule is CC(C)C(=O)Nc1ccc(NC(=O)c2ccccc2-c2ccccc2C#N)cc1. The van der Waals surface area contributed by atoms with E-state index >= 15 is 0 Å². The van der Waals surface area contributed by atoms with Gasteiger partial charge in [-0.3, -0.25) is 9.59 Å². The first-order valence-corrected chi connectivity index (χ1v) is 9.30. The molecule has 3 aromatic rings. The van der Waals surface area contributed by atoms with E-state index in [0.717, 1.165) is 0 Å². The van der Waals surface area contributed by atoms with Gasteiger partial charge in [-0.25, -0.2) is 0 Å². The molecular formula is C24H21N3O2. The summed E-state index contributed by atoms with van der Waals surface area (Å²) in [7, 11) is 0. The van der Waals surface area contributed by atoms with Crippen LogP contribution in [0.25, 0.3) is 11.1 Å². The van der Waals surface area contributed by atoms with E-state index in [-0.39, 0.29) is 17.7 Å². The van der Waals surface area contributed by atoms with Crippen molar-refractivity contribution in [2.45, 2.75) is 13.8 Å². The van der Waals surface area contributed by atoms with Gasteiger partial charge in [-0.15, -0.1) is 0 Å². The number of hydrogen-bond donors (Lipinski definition) is 2. The van der Waals surface area contributed by atoms with E-state index in [2.05, 4.69) is 16.7 Å². The minimum atomic E-state index is -0.271. The maximum atomic E-state index is 12.9. The Kier molecular flexibility index (Phi) is 6.06. The van der Waals surface area contributed by atoms with Crippen LogP contribution < -0.4 is 10.6 Å². The van der Waals surface area contributed by atoms with E-state index in [4.69, 9.17) is 0 Å². The Morgan fingerprint density at radius 1 is 0.793 bits per heavy atom. The third kappa shape index (κ3) is 4.69. The van der Waals surface area contributed by atoms with Gasteiger partial charge in [0.1, 0.15) is 0 Å². The molecule has 0 aliphatic heterocycles. The molecule has 0 aromatic heterocycles. The predicted molar refractivity (Wildman–Crippen MR) is 114 cm³/mol. The van der Waals surface area contributed by atoms with Crippen LogP contribution in [-0.2, 0) is 4.79 Å². The summed E-state index contributed by atoms with van der Waals surface area (Å²) in [5.74, 6) is -0.443. The van der Waals surface area contributed by atoms with Crippen molar-refractivity contribution in [1.82, 2.24) is 0 Å². The van der Waals surface area contributed by atoms with Crippen LogP contribution in [0.5, 0.6) is 0 Å². The molecule has 0 radical (unpaired) electrons. The second-order valence-corrected chi connectivity index (χ2v) is 6.88. The standard InChI is InChI=1S/C24H21N3O2/c1-16(2)23(28)26-18-11-13-19(14-12-18)27-24(29)22-10-6-5-9-21(22)20-8-4-3-7-17(20)15-25/h3-14,16H,1-2H3,(H,26,28)(H,27,29). The first kappa shape index (κ1) is 19.8. The van der Waals surface area contributed by atoms with E-state index in [1.165, 1.54) is 0 Å². The van der Waals surface area contributed by atoms with Crippen LogP contribution in [0.15, 0.2) is 72.8 Å². The van der Waals surface area contributed by atoms with E-state index in [0.29, 0.717) is 33.6 Å². The number of nitriles is 1. The van der Waals surface area contributed by atoms with Gasteiger partial charge in [0.05, 0.1) is 11.6 Å². The molecule has 5 heteroatoms. The summed E-state index contributed by atoms with van der Waals surface area (Å²) in [4.78, 5) is 24.7. The third-order valence-electron chi connectivity index (χ3n) is 4.44. The number of amides is 2. The van der Waals surface area contributed by atoms with Gasteiger partial charge < -0.3 is 10.6 Å². The van der Waals surface area contributed by atoms with Gasteiger partial charge >= 0.3 is 0 Å². The van der Waals surface area contributed by atoms with Crippen molar-refractivity contribution in [2.24, 2.45) is 5.92 Å². The molecule has 0 aliphatic carbocycles. The lowest BCUT2D eigenvalue weighted by atomic mass is 9.95. The lowest BCUT2D eigenvalue weighted by Crippen LogP contribution is -2.17. The Bertz CT molecular complexity index is 1080. The second-order valence-electron chi connectivity index (χ2n) is 6.88. The molecular weight excluding hydrogens is 362 g/mol. The summed E-state index contributed by atoms with van der Waals surface area (Å²) in [5, 5.41) is 15.1. The molecule has 0 bridgehead atoms. The summed E-state index contributed by atoms with van der Waals surface area (Å²) in [5.41, 5.74) is 3.69. The van der Waals surface area contributed by atoms with Crippen molar-refractivity contribution in [3.8, 4) is 17.2 Å². The lowest BCUT2D eigenvalue weighted by molar-refractivity contribution is -0.118. The average molecular weight is 383 g/mol. The zero-order valence-corrected chi connectivity index (χ0v) is 16.3. The molecule has 3 rings (SSSR count). The molecule has 3 aromatic carbocycles. The quantitative estimate of drug-likeness (QED) is 0.645. The number of nitrogens with zero attached hydrogens (tertiary/aromatic N) is 1. The largest absolute Gasteiger partial charge is 0.326 e. The van der Waals surface area contributed by atoms with E-state index in [1.54, 1.807) is 48.5 Å². The number of carbonyl (C=O) groups is 2. The molecule has 29 heavy (non-hydrogen) atoms. The van der Waals surface area contributed by atoms with Crippen molar-refractivity contribution >= 4 is 23.2 Å². The Balaban J connectivity index is 1.82. The van der Waals surface area contributed by atoms with Gasteiger partial charge in [0.2, 0.25) is 5.91 Å².